The van der Waals surface area contributed by atoms with Crippen LogP contribution >= 0.6 is 24.0 Å². The average molecular weight is 532 g/mol. The molecule has 1 aliphatic carbocycles. The number of hydrogen-bond acceptors (Lipinski definition) is 5. The predicted octanol–water partition coefficient (Wildman–Crippen LogP) is 1.37. The van der Waals surface area contributed by atoms with Crippen LogP contribution in [0, 0.1) is 5.92 Å². The summed E-state index contributed by atoms with van der Waals surface area (Å²) in [5.74, 6) is 1.67. The molecule has 0 bridgehead atoms. The highest BCUT2D eigenvalue weighted by Gasteiger charge is 2.28. The van der Waals surface area contributed by atoms with Crippen LogP contribution < -0.4 is 5.32 Å². The van der Waals surface area contributed by atoms with Crippen LogP contribution in [0.5, 0.6) is 0 Å². The van der Waals surface area contributed by atoms with Gasteiger partial charge in [0.15, 0.2) is 5.96 Å². The Balaban J connectivity index is 0.00000392. The van der Waals surface area contributed by atoms with Gasteiger partial charge < -0.3 is 19.7 Å². The van der Waals surface area contributed by atoms with Crippen molar-refractivity contribution in [2.24, 2.45) is 10.9 Å². The molecule has 2 aliphatic rings. The van der Waals surface area contributed by atoms with Crippen molar-refractivity contribution in [3.05, 3.63) is 0 Å². The minimum absolute atomic E-state index is 0. The fourth-order valence-electron chi connectivity index (χ4n) is 2.94. The molecule has 10 heteroatoms. The van der Waals surface area contributed by atoms with Crippen LogP contribution in [-0.4, -0.2) is 95.0 Å². The molecule has 1 saturated carbocycles. The van der Waals surface area contributed by atoms with E-state index in [1.54, 1.807) is 11.4 Å². The molecule has 8 nitrogen and oxygen atoms in total. The minimum atomic E-state index is -3.26. The Morgan fingerprint density at radius 2 is 1.86 bits per heavy atom. The Kier molecular flexibility index (Phi) is 12.2. The van der Waals surface area contributed by atoms with Gasteiger partial charge in [0.05, 0.1) is 18.5 Å². The highest BCUT2D eigenvalue weighted by molar-refractivity contribution is 14.0. The highest BCUT2D eigenvalue weighted by atomic mass is 127. The van der Waals surface area contributed by atoms with Gasteiger partial charge in [0.2, 0.25) is 10.0 Å². The molecule has 2 fully saturated rings. The molecule has 0 amide bonds. The van der Waals surface area contributed by atoms with Crippen molar-refractivity contribution in [3.8, 4) is 0 Å². The van der Waals surface area contributed by atoms with E-state index in [1.807, 2.05) is 13.8 Å². The van der Waals surface area contributed by atoms with E-state index in [0.29, 0.717) is 26.2 Å². The number of sulfonamides is 1. The molecule has 1 aliphatic heterocycles. The Bertz CT molecular complexity index is 562. The van der Waals surface area contributed by atoms with Gasteiger partial charge in [-0.05, 0) is 39.0 Å². The second-order valence-electron chi connectivity index (χ2n) is 7.47. The van der Waals surface area contributed by atoms with E-state index in [2.05, 4.69) is 15.2 Å². The number of nitrogens with one attached hydrogen (secondary N) is 1. The first-order valence-corrected chi connectivity index (χ1v) is 11.7. The molecule has 0 radical (unpaired) electrons. The number of guanidine groups is 1. The fourth-order valence-corrected chi connectivity index (χ4v) is 4.22. The fraction of sp³-hybridized carbons (Fsp3) is 0.944. The molecule has 1 N–H and O–H groups in total. The van der Waals surface area contributed by atoms with Crippen molar-refractivity contribution >= 4 is 40.0 Å². The minimum Gasteiger partial charge on any atom is -0.381 e. The molecule has 28 heavy (non-hydrogen) atoms. The number of piperazine rings is 1. The second-order valence-corrected chi connectivity index (χ2v) is 9.56. The quantitative estimate of drug-likeness (QED) is 0.187. The first-order valence-electron chi connectivity index (χ1n) is 10.0. The predicted molar refractivity (Wildman–Crippen MR) is 123 cm³/mol. The summed E-state index contributed by atoms with van der Waals surface area (Å²) in [6.45, 7) is 8.77. The van der Waals surface area contributed by atoms with Crippen molar-refractivity contribution in [2.75, 3.05) is 65.3 Å². The van der Waals surface area contributed by atoms with Gasteiger partial charge in [-0.3, -0.25) is 4.99 Å². The van der Waals surface area contributed by atoms with Gasteiger partial charge in [-0.2, -0.15) is 4.31 Å². The van der Waals surface area contributed by atoms with Gasteiger partial charge in [-0.1, -0.05) is 0 Å². The molecule has 0 aromatic heterocycles. The monoisotopic (exact) mass is 532 g/mol. The second kappa shape index (κ2) is 13.2. The van der Waals surface area contributed by atoms with Crippen molar-refractivity contribution in [3.63, 3.8) is 0 Å². The van der Waals surface area contributed by atoms with Crippen LogP contribution in [0.15, 0.2) is 4.99 Å². The zero-order valence-electron chi connectivity index (χ0n) is 17.4. The Morgan fingerprint density at radius 3 is 2.43 bits per heavy atom. The maximum atomic E-state index is 12.4. The van der Waals surface area contributed by atoms with E-state index in [9.17, 15) is 8.42 Å². The molecule has 0 aromatic carbocycles. The lowest BCUT2D eigenvalue weighted by Crippen LogP contribution is -2.54. The van der Waals surface area contributed by atoms with Gasteiger partial charge >= 0.3 is 0 Å². The van der Waals surface area contributed by atoms with Crippen molar-refractivity contribution in [1.82, 2.24) is 14.5 Å². The van der Waals surface area contributed by atoms with E-state index >= 15 is 0 Å². The topological polar surface area (TPSA) is 83.5 Å². The largest absolute Gasteiger partial charge is 0.381 e. The molecule has 1 saturated heterocycles. The van der Waals surface area contributed by atoms with Gasteiger partial charge in [-0.25, -0.2) is 8.42 Å². The molecule has 0 spiro atoms. The van der Waals surface area contributed by atoms with Gasteiger partial charge in [0.1, 0.15) is 0 Å². The zero-order chi connectivity index (χ0) is 19.7. The smallest absolute Gasteiger partial charge is 0.216 e. The molecule has 166 valence electrons. The van der Waals surface area contributed by atoms with E-state index < -0.39 is 10.0 Å². The van der Waals surface area contributed by atoms with E-state index in [-0.39, 0.29) is 42.4 Å². The summed E-state index contributed by atoms with van der Waals surface area (Å²) in [5, 5.41) is 3.35. The first kappa shape index (κ1) is 25.9. The molecular formula is C18H37IN4O4S. The van der Waals surface area contributed by atoms with Crippen LogP contribution in [0.1, 0.15) is 33.1 Å². The van der Waals surface area contributed by atoms with Gasteiger partial charge in [-0.15, -0.1) is 24.0 Å². The summed E-state index contributed by atoms with van der Waals surface area (Å²) in [6, 6.07) is 0. The molecule has 2 rings (SSSR count). The third-order valence-corrected chi connectivity index (χ3v) is 6.57. The van der Waals surface area contributed by atoms with Gasteiger partial charge in [0, 0.05) is 53.0 Å². The number of rotatable bonds is 11. The zero-order valence-corrected chi connectivity index (χ0v) is 20.6. The summed E-state index contributed by atoms with van der Waals surface area (Å²) >= 11 is 0. The number of nitrogens with zero attached hydrogens (tertiary/aromatic N) is 3. The van der Waals surface area contributed by atoms with Crippen LogP contribution in [0.3, 0.4) is 0 Å². The summed E-state index contributed by atoms with van der Waals surface area (Å²) in [5.41, 5.74) is 0. The summed E-state index contributed by atoms with van der Waals surface area (Å²) in [4.78, 5) is 6.44. The first-order chi connectivity index (χ1) is 12.9. The normalized spacial score (nSPS) is 19.0. The molecular weight excluding hydrogens is 495 g/mol. The van der Waals surface area contributed by atoms with Gasteiger partial charge in [0.25, 0.3) is 0 Å². The van der Waals surface area contributed by atoms with E-state index in [0.717, 1.165) is 38.1 Å². The average Bonchev–Trinajstić information content (AvgIpc) is 3.45. The SMILES string of the molecule is CN=C(NCCCOCC1CC1)N1CCN(S(=O)(=O)CCOC(C)C)CC1.I. The van der Waals surface area contributed by atoms with Crippen LogP contribution in [0.4, 0.5) is 0 Å². The highest BCUT2D eigenvalue weighted by Crippen LogP contribution is 2.28. The van der Waals surface area contributed by atoms with Crippen molar-refractivity contribution < 1.29 is 17.9 Å². The summed E-state index contributed by atoms with van der Waals surface area (Å²) in [7, 11) is -1.50. The third kappa shape index (κ3) is 9.55. The maximum absolute atomic E-state index is 12.4. The summed E-state index contributed by atoms with van der Waals surface area (Å²) in [6.07, 6.45) is 3.62. The third-order valence-electron chi connectivity index (χ3n) is 4.73. The lowest BCUT2D eigenvalue weighted by atomic mass is 10.4. The Labute approximate surface area is 187 Å². The Hall–Kier alpha value is -0.170. The number of hydrogen-bond donors (Lipinski definition) is 1. The molecule has 1 heterocycles. The van der Waals surface area contributed by atoms with Crippen molar-refractivity contribution in [1.29, 1.82) is 0 Å². The van der Waals surface area contributed by atoms with Crippen LogP contribution in [0.25, 0.3) is 0 Å². The number of aliphatic imine (C=N–C) groups is 1. The number of ether oxygens (including phenoxy) is 2. The number of halogens is 1. The van der Waals surface area contributed by atoms with Crippen LogP contribution in [0.2, 0.25) is 0 Å². The van der Waals surface area contributed by atoms with Crippen LogP contribution in [-0.2, 0) is 19.5 Å². The molecule has 0 unspecified atom stereocenters. The Morgan fingerprint density at radius 1 is 1.18 bits per heavy atom. The van der Waals surface area contributed by atoms with Crippen molar-refractivity contribution in [2.45, 2.75) is 39.2 Å². The molecule has 0 atom stereocenters. The molecule has 0 aromatic rings. The van der Waals surface area contributed by atoms with E-state index in [4.69, 9.17) is 9.47 Å². The maximum Gasteiger partial charge on any atom is 0.216 e. The standard InChI is InChI=1S/C18H36N4O4S.HI/c1-16(2)26-13-14-27(23,24)22-10-8-21(9-11-22)18(19-3)20-7-4-12-25-15-17-5-6-17;/h16-17H,4-15H2,1-3H3,(H,19,20);1H. The lowest BCUT2D eigenvalue weighted by molar-refractivity contribution is 0.0904. The van der Waals surface area contributed by atoms with E-state index in [1.165, 1.54) is 12.8 Å². The lowest BCUT2D eigenvalue weighted by Gasteiger charge is -2.35. The summed E-state index contributed by atoms with van der Waals surface area (Å²) < 4.78 is 37.4.